The number of benzene rings is 2. The Morgan fingerprint density at radius 1 is 1.00 bits per heavy atom. The van der Waals surface area contributed by atoms with E-state index in [2.05, 4.69) is 10.4 Å². The van der Waals surface area contributed by atoms with Crippen molar-refractivity contribution < 1.29 is 18.3 Å². The Bertz CT molecular complexity index is 841. The van der Waals surface area contributed by atoms with E-state index in [1.807, 2.05) is 36.4 Å². The molecule has 1 aromatic heterocycles. The van der Waals surface area contributed by atoms with Crippen molar-refractivity contribution in [1.29, 1.82) is 0 Å². The summed E-state index contributed by atoms with van der Waals surface area (Å²) in [5, 5.41) is 16.1. The summed E-state index contributed by atoms with van der Waals surface area (Å²) >= 11 is 0. The fraction of sp³-hybridized carbons (Fsp3) is 0.167. The molecule has 0 aliphatic rings. The number of para-hydroxylation sites is 1. The quantitative estimate of drug-likeness (QED) is 0.734. The van der Waals surface area contributed by atoms with Gasteiger partial charge in [0.25, 0.3) is 0 Å². The standard InChI is InChI=1S/C18H16F3N3O/c19-18(20,21)17-9-10-24(23-17)15-7-5-13(6-8-15)11-22-16-4-2-1-3-14(16)12-25/h1-10,22,25H,11-12H2. The molecule has 4 nitrogen and oxygen atoms in total. The van der Waals surface area contributed by atoms with Crippen LogP contribution in [0.1, 0.15) is 16.8 Å². The molecular weight excluding hydrogens is 331 g/mol. The van der Waals surface area contributed by atoms with Gasteiger partial charge in [0, 0.05) is 24.0 Å². The summed E-state index contributed by atoms with van der Waals surface area (Å²) in [5.41, 5.74) is 2.24. The number of hydrogen-bond acceptors (Lipinski definition) is 3. The second-order valence-electron chi connectivity index (χ2n) is 5.48. The SMILES string of the molecule is OCc1ccccc1NCc1ccc(-n2ccc(C(F)(F)F)n2)cc1. The highest BCUT2D eigenvalue weighted by atomic mass is 19.4. The molecular formula is C18H16F3N3O. The van der Waals surface area contributed by atoms with Crippen molar-refractivity contribution in [3.63, 3.8) is 0 Å². The third-order valence-corrected chi connectivity index (χ3v) is 3.75. The molecule has 0 fully saturated rings. The van der Waals surface area contributed by atoms with Crippen molar-refractivity contribution >= 4 is 5.69 Å². The Kier molecular flexibility index (Phi) is 4.76. The van der Waals surface area contributed by atoms with E-state index >= 15 is 0 Å². The maximum absolute atomic E-state index is 12.6. The molecule has 0 atom stereocenters. The van der Waals surface area contributed by atoms with Crippen molar-refractivity contribution in [1.82, 2.24) is 9.78 Å². The summed E-state index contributed by atoms with van der Waals surface area (Å²) in [6.45, 7) is 0.479. The van der Waals surface area contributed by atoms with Gasteiger partial charge in [-0.25, -0.2) is 4.68 Å². The van der Waals surface area contributed by atoms with E-state index in [4.69, 9.17) is 0 Å². The lowest BCUT2D eigenvalue weighted by molar-refractivity contribution is -0.141. The van der Waals surface area contributed by atoms with Gasteiger partial charge in [-0.3, -0.25) is 0 Å². The van der Waals surface area contributed by atoms with E-state index in [1.165, 1.54) is 10.9 Å². The molecule has 25 heavy (non-hydrogen) atoms. The number of rotatable bonds is 5. The van der Waals surface area contributed by atoms with E-state index < -0.39 is 11.9 Å². The maximum Gasteiger partial charge on any atom is 0.435 e. The molecule has 0 unspecified atom stereocenters. The van der Waals surface area contributed by atoms with Crippen molar-refractivity contribution in [2.24, 2.45) is 0 Å². The summed E-state index contributed by atoms with van der Waals surface area (Å²) in [7, 11) is 0. The number of anilines is 1. The van der Waals surface area contributed by atoms with Gasteiger partial charge in [0.15, 0.2) is 5.69 Å². The fourth-order valence-corrected chi connectivity index (χ4v) is 2.41. The van der Waals surface area contributed by atoms with Gasteiger partial charge in [-0.05, 0) is 29.8 Å². The maximum atomic E-state index is 12.6. The zero-order chi connectivity index (χ0) is 17.9. The van der Waals surface area contributed by atoms with Crippen LogP contribution in [0.15, 0.2) is 60.8 Å². The normalized spacial score (nSPS) is 11.5. The van der Waals surface area contributed by atoms with Crippen molar-refractivity contribution in [3.05, 3.63) is 77.6 Å². The summed E-state index contributed by atoms with van der Waals surface area (Å²) in [5.74, 6) is 0. The summed E-state index contributed by atoms with van der Waals surface area (Å²) in [6.07, 6.45) is -3.16. The number of nitrogens with one attached hydrogen (secondary N) is 1. The highest BCUT2D eigenvalue weighted by molar-refractivity contribution is 5.51. The predicted molar refractivity (Wildman–Crippen MR) is 88.3 cm³/mol. The van der Waals surface area contributed by atoms with Gasteiger partial charge in [0.05, 0.1) is 12.3 Å². The molecule has 0 bridgehead atoms. The second kappa shape index (κ2) is 6.98. The molecule has 0 spiro atoms. The molecule has 3 rings (SSSR count). The van der Waals surface area contributed by atoms with Crippen LogP contribution in [0.5, 0.6) is 0 Å². The fourth-order valence-electron chi connectivity index (χ4n) is 2.41. The van der Waals surface area contributed by atoms with Gasteiger partial charge in [-0.15, -0.1) is 0 Å². The number of alkyl halides is 3. The van der Waals surface area contributed by atoms with Gasteiger partial charge in [-0.1, -0.05) is 30.3 Å². The molecule has 0 amide bonds. The van der Waals surface area contributed by atoms with Crippen LogP contribution in [0.2, 0.25) is 0 Å². The van der Waals surface area contributed by atoms with Crippen molar-refractivity contribution in [2.75, 3.05) is 5.32 Å². The van der Waals surface area contributed by atoms with Crippen molar-refractivity contribution in [2.45, 2.75) is 19.3 Å². The summed E-state index contributed by atoms with van der Waals surface area (Å²) in [6, 6.07) is 15.4. The molecule has 3 aromatic rings. The Morgan fingerprint density at radius 3 is 2.36 bits per heavy atom. The van der Waals surface area contributed by atoms with Crippen LogP contribution in [-0.4, -0.2) is 14.9 Å². The van der Waals surface area contributed by atoms with Crippen LogP contribution in [0.4, 0.5) is 18.9 Å². The molecule has 0 aliphatic heterocycles. The average molecular weight is 347 g/mol. The Hall–Kier alpha value is -2.80. The first-order valence-electron chi connectivity index (χ1n) is 7.62. The molecule has 0 saturated carbocycles. The van der Waals surface area contributed by atoms with Crippen LogP contribution in [0.3, 0.4) is 0 Å². The summed E-state index contributed by atoms with van der Waals surface area (Å²) < 4.78 is 39.0. The number of aliphatic hydroxyl groups excluding tert-OH is 1. The zero-order valence-corrected chi connectivity index (χ0v) is 13.2. The van der Waals surface area contributed by atoms with E-state index in [1.54, 1.807) is 12.1 Å². The monoisotopic (exact) mass is 347 g/mol. The molecule has 0 radical (unpaired) electrons. The first-order chi connectivity index (χ1) is 12.0. The minimum atomic E-state index is -4.45. The number of hydrogen-bond donors (Lipinski definition) is 2. The number of halogens is 3. The topological polar surface area (TPSA) is 50.1 Å². The predicted octanol–water partition coefficient (Wildman–Crippen LogP) is 4.00. The average Bonchev–Trinajstić information content (AvgIpc) is 3.11. The molecule has 130 valence electrons. The Morgan fingerprint density at radius 2 is 1.72 bits per heavy atom. The van der Waals surface area contributed by atoms with Crippen LogP contribution in [-0.2, 0) is 19.3 Å². The van der Waals surface area contributed by atoms with Crippen LogP contribution >= 0.6 is 0 Å². The van der Waals surface area contributed by atoms with E-state index in [0.717, 1.165) is 22.9 Å². The smallest absolute Gasteiger partial charge is 0.392 e. The number of aromatic nitrogens is 2. The number of nitrogens with zero attached hydrogens (tertiary/aromatic N) is 2. The summed E-state index contributed by atoms with van der Waals surface area (Å²) in [4.78, 5) is 0. The molecule has 0 aliphatic carbocycles. The van der Waals surface area contributed by atoms with Gasteiger partial charge >= 0.3 is 6.18 Å². The lowest BCUT2D eigenvalue weighted by Gasteiger charge is -2.11. The Labute approximate surface area is 142 Å². The van der Waals surface area contributed by atoms with Gasteiger partial charge in [0.2, 0.25) is 0 Å². The van der Waals surface area contributed by atoms with E-state index in [9.17, 15) is 18.3 Å². The van der Waals surface area contributed by atoms with Crippen LogP contribution < -0.4 is 5.32 Å². The molecule has 2 N–H and O–H groups in total. The molecule has 1 heterocycles. The van der Waals surface area contributed by atoms with Crippen molar-refractivity contribution in [3.8, 4) is 5.69 Å². The minimum Gasteiger partial charge on any atom is -0.392 e. The minimum absolute atomic E-state index is 0.0526. The molecule has 2 aromatic carbocycles. The van der Waals surface area contributed by atoms with Gasteiger partial charge < -0.3 is 10.4 Å². The zero-order valence-electron chi connectivity index (χ0n) is 13.2. The third-order valence-electron chi connectivity index (χ3n) is 3.75. The molecule has 7 heteroatoms. The Balaban J connectivity index is 1.69. The first-order valence-corrected chi connectivity index (χ1v) is 7.62. The van der Waals surface area contributed by atoms with Crippen LogP contribution in [0.25, 0.3) is 5.69 Å². The highest BCUT2D eigenvalue weighted by Gasteiger charge is 2.33. The largest absolute Gasteiger partial charge is 0.435 e. The second-order valence-corrected chi connectivity index (χ2v) is 5.48. The molecule has 0 saturated heterocycles. The first kappa shape index (κ1) is 17.0. The van der Waals surface area contributed by atoms with Crippen LogP contribution in [0, 0.1) is 0 Å². The van der Waals surface area contributed by atoms with Gasteiger partial charge in [0.1, 0.15) is 0 Å². The van der Waals surface area contributed by atoms with E-state index in [0.29, 0.717) is 12.2 Å². The lowest BCUT2D eigenvalue weighted by Crippen LogP contribution is -2.07. The highest BCUT2D eigenvalue weighted by Crippen LogP contribution is 2.28. The van der Waals surface area contributed by atoms with E-state index in [-0.39, 0.29) is 6.61 Å². The third kappa shape index (κ3) is 4.00. The number of aliphatic hydroxyl groups is 1. The van der Waals surface area contributed by atoms with Gasteiger partial charge in [-0.2, -0.15) is 18.3 Å². The lowest BCUT2D eigenvalue weighted by atomic mass is 10.1.